The van der Waals surface area contributed by atoms with Gasteiger partial charge in [0.2, 0.25) is 5.91 Å². The number of amides is 1. The van der Waals surface area contributed by atoms with Crippen molar-refractivity contribution in [1.82, 2.24) is 4.90 Å². The number of ketones is 1. The molecule has 1 aliphatic carbocycles. The van der Waals surface area contributed by atoms with Crippen molar-refractivity contribution in [2.75, 3.05) is 20.8 Å². The molecule has 2 aromatic rings. The zero-order valence-electron chi connectivity index (χ0n) is 18.6. The first-order valence-electron chi connectivity index (χ1n) is 10.8. The first-order chi connectivity index (χ1) is 15.0. The van der Waals surface area contributed by atoms with Crippen LogP contribution in [0.3, 0.4) is 0 Å². The summed E-state index contributed by atoms with van der Waals surface area (Å²) < 4.78 is 16.3. The average Bonchev–Trinajstić information content (AvgIpc) is 3.64. The summed E-state index contributed by atoms with van der Waals surface area (Å²) >= 11 is 0. The lowest BCUT2D eigenvalue weighted by atomic mass is 10.1. The predicted molar refractivity (Wildman–Crippen MR) is 119 cm³/mol. The van der Waals surface area contributed by atoms with Crippen LogP contribution in [0.25, 0.3) is 0 Å². The molecule has 2 aromatic carbocycles. The molecule has 0 saturated heterocycles. The molecule has 0 atom stereocenters. The van der Waals surface area contributed by atoms with Crippen molar-refractivity contribution in [2.45, 2.75) is 51.6 Å². The molecular formula is C25H31NO5. The van der Waals surface area contributed by atoms with Crippen molar-refractivity contribution in [3.8, 4) is 17.2 Å². The van der Waals surface area contributed by atoms with Gasteiger partial charge in [-0.1, -0.05) is 6.92 Å². The predicted octanol–water partition coefficient (Wildman–Crippen LogP) is 4.65. The summed E-state index contributed by atoms with van der Waals surface area (Å²) in [4.78, 5) is 27.4. The van der Waals surface area contributed by atoms with Crippen LogP contribution in [0.5, 0.6) is 17.2 Å². The van der Waals surface area contributed by atoms with Crippen LogP contribution in [-0.2, 0) is 11.3 Å². The molecule has 0 spiro atoms. The number of hydrogen-bond donors (Lipinski definition) is 0. The van der Waals surface area contributed by atoms with Crippen molar-refractivity contribution in [3.05, 3.63) is 53.6 Å². The van der Waals surface area contributed by atoms with Gasteiger partial charge in [0.15, 0.2) is 5.78 Å². The number of methoxy groups -OCH3 is 2. The molecule has 1 aliphatic rings. The molecule has 6 heteroatoms. The Morgan fingerprint density at radius 3 is 2.29 bits per heavy atom. The number of carbonyl (C=O) groups excluding carboxylic acids is 2. The smallest absolute Gasteiger partial charge is 0.223 e. The van der Waals surface area contributed by atoms with Crippen LogP contribution >= 0.6 is 0 Å². The van der Waals surface area contributed by atoms with Gasteiger partial charge in [0, 0.05) is 36.6 Å². The van der Waals surface area contributed by atoms with Crippen molar-refractivity contribution < 1.29 is 23.8 Å². The van der Waals surface area contributed by atoms with E-state index in [1.165, 1.54) is 0 Å². The fraction of sp³-hybridized carbons (Fsp3) is 0.440. The molecule has 0 unspecified atom stereocenters. The number of ether oxygens (including phenoxy) is 3. The Kier molecular flexibility index (Phi) is 7.93. The Hall–Kier alpha value is -3.02. The van der Waals surface area contributed by atoms with Gasteiger partial charge in [-0.05, 0) is 61.7 Å². The van der Waals surface area contributed by atoms with Gasteiger partial charge in [-0.25, -0.2) is 0 Å². The molecule has 6 nitrogen and oxygen atoms in total. The molecule has 166 valence electrons. The number of rotatable bonds is 12. The lowest BCUT2D eigenvalue weighted by molar-refractivity contribution is -0.132. The molecule has 31 heavy (non-hydrogen) atoms. The largest absolute Gasteiger partial charge is 0.497 e. The number of hydrogen-bond acceptors (Lipinski definition) is 5. The molecule has 1 amide bonds. The number of benzene rings is 2. The third kappa shape index (κ3) is 6.23. The normalized spacial score (nSPS) is 12.9. The highest BCUT2D eigenvalue weighted by Gasteiger charge is 2.33. The first-order valence-corrected chi connectivity index (χ1v) is 10.8. The van der Waals surface area contributed by atoms with Crippen molar-refractivity contribution in [2.24, 2.45) is 0 Å². The fourth-order valence-electron chi connectivity index (χ4n) is 3.46. The molecule has 0 heterocycles. The van der Waals surface area contributed by atoms with E-state index in [2.05, 4.69) is 0 Å². The monoisotopic (exact) mass is 425 g/mol. The standard InChI is InChI=1S/C25H31NO5/c1-4-15-31-21-9-5-18(6-10-21)23(27)12-14-25(28)26(20-7-8-20)17-19-16-22(29-2)11-13-24(19)30-3/h5-6,9-11,13,16,20H,4,7-8,12,14-15,17H2,1-3H3. The summed E-state index contributed by atoms with van der Waals surface area (Å²) in [5, 5.41) is 0. The average molecular weight is 426 g/mol. The van der Waals surface area contributed by atoms with E-state index in [-0.39, 0.29) is 30.6 Å². The van der Waals surface area contributed by atoms with Gasteiger partial charge in [-0.3, -0.25) is 9.59 Å². The van der Waals surface area contributed by atoms with Crippen LogP contribution in [-0.4, -0.2) is 43.5 Å². The number of Topliss-reactive ketones (excluding diaryl/α,β-unsaturated/α-hetero) is 1. The molecule has 0 radical (unpaired) electrons. The van der Waals surface area contributed by atoms with Gasteiger partial charge in [0.1, 0.15) is 17.2 Å². The van der Waals surface area contributed by atoms with Crippen LogP contribution in [0.4, 0.5) is 0 Å². The summed E-state index contributed by atoms with van der Waals surface area (Å²) in [6, 6.07) is 12.9. The third-order valence-electron chi connectivity index (χ3n) is 5.35. The first kappa shape index (κ1) is 22.7. The Morgan fingerprint density at radius 1 is 0.968 bits per heavy atom. The topological polar surface area (TPSA) is 65.1 Å². The van der Waals surface area contributed by atoms with Crippen molar-refractivity contribution in [3.63, 3.8) is 0 Å². The third-order valence-corrected chi connectivity index (χ3v) is 5.35. The zero-order chi connectivity index (χ0) is 22.2. The number of carbonyl (C=O) groups is 2. The zero-order valence-corrected chi connectivity index (χ0v) is 18.6. The molecule has 0 N–H and O–H groups in total. The van der Waals surface area contributed by atoms with Crippen LogP contribution in [0.15, 0.2) is 42.5 Å². The van der Waals surface area contributed by atoms with E-state index >= 15 is 0 Å². The minimum atomic E-state index is -0.0369. The van der Waals surface area contributed by atoms with Crippen LogP contribution in [0, 0.1) is 0 Å². The maximum Gasteiger partial charge on any atom is 0.223 e. The van der Waals surface area contributed by atoms with Gasteiger partial charge in [-0.2, -0.15) is 0 Å². The van der Waals surface area contributed by atoms with Gasteiger partial charge < -0.3 is 19.1 Å². The van der Waals surface area contributed by atoms with Crippen LogP contribution in [0.1, 0.15) is 54.9 Å². The Labute approximate surface area is 184 Å². The second kappa shape index (κ2) is 10.8. The van der Waals surface area contributed by atoms with E-state index in [0.717, 1.165) is 42.1 Å². The molecular weight excluding hydrogens is 394 g/mol. The fourth-order valence-corrected chi connectivity index (χ4v) is 3.46. The van der Waals surface area contributed by atoms with Gasteiger partial charge in [0.05, 0.1) is 20.8 Å². The maximum atomic E-state index is 13.0. The number of nitrogens with zero attached hydrogens (tertiary/aromatic N) is 1. The Balaban J connectivity index is 1.61. The van der Waals surface area contributed by atoms with Crippen molar-refractivity contribution >= 4 is 11.7 Å². The van der Waals surface area contributed by atoms with Gasteiger partial charge in [-0.15, -0.1) is 0 Å². The molecule has 1 fully saturated rings. The summed E-state index contributed by atoms with van der Waals surface area (Å²) in [7, 11) is 3.23. The molecule has 0 aromatic heterocycles. The summed E-state index contributed by atoms with van der Waals surface area (Å²) in [5.74, 6) is 2.15. The quantitative estimate of drug-likeness (QED) is 0.463. The highest BCUT2D eigenvalue weighted by atomic mass is 16.5. The second-order valence-electron chi connectivity index (χ2n) is 7.73. The Morgan fingerprint density at radius 2 is 1.68 bits per heavy atom. The molecule has 0 aliphatic heterocycles. The van der Waals surface area contributed by atoms with E-state index in [9.17, 15) is 9.59 Å². The van der Waals surface area contributed by atoms with Gasteiger partial charge >= 0.3 is 0 Å². The van der Waals surface area contributed by atoms with Crippen molar-refractivity contribution in [1.29, 1.82) is 0 Å². The highest BCUT2D eigenvalue weighted by molar-refractivity contribution is 5.98. The summed E-state index contributed by atoms with van der Waals surface area (Å²) in [6.07, 6.45) is 3.29. The van der Waals surface area contributed by atoms with Gasteiger partial charge in [0.25, 0.3) is 0 Å². The molecule has 0 bridgehead atoms. The van der Waals surface area contributed by atoms with E-state index in [1.54, 1.807) is 38.5 Å². The van der Waals surface area contributed by atoms with Crippen LogP contribution in [0.2, 0.25) is 0 Å². The molecule has 3 rings (SSSR count). The second-order valence-corrected chi connectivity index (χ2v) is 7.73. The Bertz CT molecular complexity index is 889. The van der Waals surface area contributed by atoms with Crippen LogP contribution < -0.4 is 14.2 Å². The minimum absolute atomic E-state index is 0.0105. The maximum absolute atomic E-state index is 13.0. The highest BCUT2D eigenvalue weighted by Crippen LogP contribution is 2.32. The lowest BCUT2D eigenvalue weighted by Crippen LogP contribution is -2.33. The lowest BCUT2D eigenvalue weighted by Gasteiger charge is -2.24. The summed E-state index contributed by atoms with van der Waals surface area (Å²) in [5.41, 5.74) is 1.50. The molecule has 1 saturated carbocycles. The van der Waals surface area contributed by atoms with E-state index in [0.29, 0.717) is 18.7 Å². The minimum Gasteiger partial charge on any atom is -0.497 e. The SMILES string of the molecule is CCCOc1ccc(C(=O)CCC(=O)N(Cc2cc(OC)ccc2OC)C2CC2)cc1. The summed E-state index contributed by atoms with van der Waals surface area (Å²) in [6.45, 7) is 3.14. The van der Waals surface area contributed by atoms with E-state index in [1.807, 2.05) is 30.0 Å². The van der Waals surface area contributed by atoms with E-state index < -0.39 is 0 Å². The van der Waals surface area contributed by atoms with E-state index in [4.69, 9.17) is 14.2 Å².